The summed E-state index contributed by atoms with van der Waals surface area (Å²) in [6.45, 7) is 1.21. The van der Waals surface area contributed by atoms with Crippen molar-refractivity contribution in [1.29, 1.82) is 0 Å². The number of anilines is 1. The summed E-state index contributed by atoms with van der Waals surface area (Å²) in [6.07, 6.45) is 1.84. The summed E-state index contributed by atoms with van der Waals surface area (Å²) in [4.78, 5) is 14.0. The van der Waals surface area contributed by atoms with Gasteiger partial charge in [0.1, 0.15) is 5.75 Å². The first-order chi connectivity index (χ1) is 8.72. The zero-order valence-corrected chi connectivity index (χ0v) is 11.0. The highest BCUT2D eigenvalue weighted by Crippen LogP contribution is 2.42. The molecule has 3 rings (SSSR count). The van der Waals surface area contributed by atoms with Gasteiger partial charge >= 0.3 is 0 Å². The fourth-order valence-corrected chi connectivity index (χ4v) is 3.13. The first kappa shape index (κ1) is 11.8. The number of carbonyl (C=O) groups excluding carboxylic acids is 1. The third-order valence-corrected chi connectivity index (χ3v) is 3.97. The normalized spacial score (nSPS) is 22.4. The van der Waals surface area contributed by atoms with Crippen LogP contribution in [0.2, 0.25) is 5.02 Å². The van der Waals surface area contributed by atoms with E-state index < -0.39 is 0 Å². The molecular weight excluding hydrogens is 252 g/mol. The van der Waals surface area contributed by atoms with Crippen molar-refractivity contribution in [3.63, 3.8) is 0 Å². The lowest BCUT2D eigenvalue weighted by molar-refractivity contribution is -0.119. The molecule has 0 saturated carbocycles. The van der Waals surface area contributed by atoms with Gasteiger partial charge in [0.2, 0.25) is 5.91 Å². The molecule has 0 aromatic heterocycles. The van der Waals surface area contributed by atoms with Crippen LogP contribution in [0.4, 0.5) is 5.69 Å². The summed E-state index contributed by atoms with van der Waals surface area (Å²) in [5.41, 5.74) is 1.90. The average molecular weight is 267 g/mol. The Balaban J connectivity index is 2.14. The van der Waals surface area contributed by atoms with Crippen molar-refractivity contribution < 1.29 is 9.53 Å². The average Bonchev–Trinajstić information content (AvgIpc) is 2.39. The van der Waals surface area contributed by atoms with Crippen molar-refractivity contribution in [2.24, 2.45) is 0 Å². The van der Waals surface area contributed by atoms with Gasteiger partial charge < -0.3 is 15.0 Å². The number of hydrogen-bond donors (Lipinski definition) is 1. The summed E-state index contributed by atoms with van der Waals surface area (Å²) in [5, 5.41) is 3.78. The first-order valence-corrected chi connectivity index (χ1v) is 6.48. The maximum Gasteiger partial charge on any atom is 0.241 e. The predicted octanol–water partition coefficient (Wildman–Crippen LogP) is 1.60. The highest BCUT2D eigenvalue weighted by Gasteiger charge is 2.36. The molecule has 2 heterocycles. The quantitative estimate of drug-likeness (QED) is 0.840. The van der Waals surface area contributed by atoms with E-state index in [0.717, 1.165) is 36.4 Å². The number of rotatable bonds is 1. The molecule has 1 N–H and O–H groups in total. The molecule has 96 valence electrons. The zero-order valence-electron chi connectivity index (χ0n) is 10.2. The number of amides is 1. The second-order valence-corrected chi connectivity index (χ2v) is 5.07. The third kappa shape index (κ3) is 1.68. The van der Waals surface area contributed by atoms with Crippen LogP contribution < -0.4 is 15.0 Å². The van der Waals surface area contributed by atoms with Crippen LogP contribution in [-0.4, -0.2) is 32.1 Å². The van der Waals surface area contributed by atoms with Gasteiger partial charge in [-0.3, -0.25) is 4.79 Å². The maximum absolute atomic E-state index is 12.1. The fourth-order valence-electron chi connectivity index (χ4n) is 2.86. The second-order valence-electron chi connectivity index (χ2n) is 4.66. The molecule has 0 radical (unpaired) electrons. The van der Waals surface area contributed by atoms with Crippen LogP contribution in [0.3, 0.4) is 0 Å². The summed E-state index contributed by atoms with van der Waals surface area (Å²) >= 11 is 6.29. The lowest BCUT2D eigenvalue weighted by atomic mass is 9.93. The van der Waals surface area contributed by atoms with Gasteiger partial charge in [0.05, 0.1) is 24.4 Å². The van der Waals surface area contributed by atoms with Crippen LogP contribution in [0.15, 0.2) is 12.1 Å². The molecule has 4 nitrogen and oxygen atoms in total. The highest BCUT2D eigenvalue weighted by molar-refractivity contribution is 6.34. The Morgan fingerprint density at radius 2 is 2.33 bits per heavy atom. The summed E-state index contributed by atoms with van der Waals surface area (Å²) in [5.74, 6) is 0.904. The largest absolute Gasteiger partial charge is 0.496 e. The molecule has 18 heavy (non-hydrogen) atoms. The van der Waals surface area contributed by atoms with E-state index in [-0.39, 0.29) is 11.9 Å². The maximum atomic E-state index is 12.1. The van der Waals surface area contributed by atoms with Crippen LogP contribution in [0.25, 0.3) is 0 Å². The molecule has 2 aliphatic rings. The van der Waals surface area contributed by atoms with Gasteiger partial charge in [-0.15, -0.1) is 0 Å². The summed E-state index contributed by atoms with van der Waals surface area (Å²) < 4.78 is 5.37. The SMILES string of the molecule is COc1ccc(Cl)c2c1CCC1CNCC(=O)N21. The summed E-state index contributed by atoms with van der Waals surface area (Å²) in [6, 6.07) is 3.88. The van der Waals surface area contributed by atoms with E-state index in [1.54, 1.807) is 13.2 Å². The van der Waals surface area contributed by atoms with Gasteiger partial charge in [-0.1, -0.05) is 11.6 Å². The summed E-state index contributed by atoms with van der Waals surface area (Å²) in [7, 11) is 1.65. The van der Waals surface area contributed by atoms with Gasteiger partial charge in [0.25, 0.3) is 0 Å². The van der Waals surface area contributed by atoms with E-state index in [2.05, 4.69) is 5.32 Å². The molecule has 0 bridgehead atoms. The topological polar surface area (TPSA) is 41.6 Å². The highest BCUT2D eigenvalue weighted by atomic mass is 35.5. The number of hydrogen-bond acceptors (Lipinski definition) is 3. The van der Waals surface area contributed by atoms with E-state index in [9.17, 15) is 4.79 Å². The fraction of sp³-hybridized carbons (Fsp3) is 0.462. The smallest absolute Gasteiger partial charge is 0.241 e. The van der Waals surface area contributed by atoms with Gasteiger partial charge in [-0.25, -0.2) is 0 Å². The minimum Gasteiger partial charge on any atom is -0.496 e. The number of halogens is 1. The Morgan fingerprint density at radius 1 is 1.50 bits per heavy atom. The number of benzene rings is 1. The van der Waals surface area contributed by atoms with Crippen molar-refractivity contribution in [3.8, 4) is 5.75 Å². The second kappa shape index (κ2) is 4.44. The third-order valence-electron chi connectivity index (χ3n) is 3.67. The van der Waals surface area contributed by atoms with Crippen molar-refractivity contribution >= 4 is 23.2 Å². The Bertz CT molecular complexity index is 504. The molecule has 1 amide bonds. The lowest BCUT2D eigenvalue weighted by Gasteiger charge is -2.41. The van der Waals surface area contributed by atoms with E-state index >= 15 is 0 Å². The van der Waals surface area contributed by atoms with Crippen molar-refractivity contribution in [2.45, 2.75) is 18.9 Å². The molecule has 0 aliphatic carbocycles. The molecule has 2 aliphatic heterocycles. The monoisotopic (exact) mass is 266 g/mol. The Kier molecular flexibility index (Phi) is 2.92. The number of nitrogens with zero attached hydrogens (tertiary/aromatic N) is 1. The number of methoxy groups -OCH3 is 1. The van der Waals surface area contributed by atoms with Crippen LogP contribution in [-0.2, 0) is 11.2 Å². The van der Waals surface area contributed by atoms with Gasteiger partial charge in [-0.2, -0.15) is 0 Å². The predicted molar refractivity (Wildman–Crippen MR) is 70.5 cm³/mol. The van der Waals surface area contributed by atoms with Crippen LogP contribution in [0, 0.1) is 0 Å². The zero-order chi connectivity index (χ0) is 12.7. The number of fused-ring (bicyclic) bond motifs is 3. The van der Waals surface area contributed by atoms with E-state index in [4.69, 9.17) is 16.3 Å². The molecule has 1 fully saturated rings. The van der Waals surface area contributed by atoms with Crippen molar-refractivity contribution in [3.05, 3.63) is 22.7 Å². The van der Waals surface area contributed by atoms with Gasteiger partial charge in [0.15, 0.2) is 0 Å². The molecule has 1 saturated heterocycles. The number of carbonyl (C=O) groups is 1. The van der Waals surface area contributed by atoms with E-state index in [1.807, 2.05) is 11.0 Å². The molecule has 5 heteroatoms. The Labute approximate surface area is 111 Å². The molecule has 1 atom stereocenters. The van der Waals surface area contributed by atoms with Crippen LogP contribution in [0.5, 0.6) is 5.75 Å². The molecule has 0 spiro atoms. The van der Waals surface area contributed by atoms with Gasteiger partial charge in [-0.05, 0) is 25.0 Å². The lowest BCUT2D eigenvalue weighted by Crippen LogP contribution is -2.57. The molecular formula is C13H15ClN2O2. The van der Waals surface area contributed by atoms with E-state index in [0.29, 0.717) is 11.6 Å². The van der Waals surface area contributed by atoms with Crippen LogP contribution in [0.1, 0.15) is 12.0 Å². The molecule has 1 aromatic rings. The van der Waals surface area contributed by atoms with Gasteiger partial charge in [0, 0.05) is 18.2 Å². The van der Waals surface area contributed by atoms with E-state index in [1.165, 1.54) is 0 Å². The molecule has 1 aromatic carbocycles. The number of nitrogens with one attached hydrogen (secondary N) is 1. The van der Waals surface area contributed by atoms with Crippen molar-refractivity contribution in [2.75, 3.05) is 25.1 Å². The first-order valence-electron chi connectivity index (χ1n) is 6.10. The standard InChI is InChI=1S/C13H15ClN2O2/c1-18-11-5-4-10(14)13-9(11)3-2-8-6-15-7-12(17)16(8)13/h4-5,8,15H,2-3,6-7H2,1H3. The van der Waals surface area contributed by atoms with Crippen molar-refractivity contribution in [1.82, 2.24) is 5.32 Å². The number of piperazine rings is 1. The minimum atomic E-state index is 0.0855. The molecule has 1 unspecified atom stereocenters. The minimum absolute atomic E-state index is 0.0855. The number of ether oxygens (including phenoxy) is 1. The van der Waals surface area contributed by atoms with Crippen LogP contribution >= 0.6 is 11.6 Å². The Morgan fingerprint density at radius 3 is 3.11 bits per heavy atom. The Hall–Kier alpha value is -1.26.